The van der Waals surface area contributed by atoms with Crippen molar-refractivity contribution in [2.45, 2.75) is 19.3 Å². The predicted octanol–water partition coefficient (Wildman–Crippen LogP) is 4.58. The summed E-state index contributed by atoms with van der Waals surface area (Å²) in [5, 5.41) is 11.3. The van der Waals surface area contributed by atoms with Crippen LogP contribution in [0.3, 0.4) is 0 Å². The number of nitro benzene ring substituents is 1. The average Bonchev–Trinajstić information content (AvgIpc) is 2.46. The number of ether oxygens (including phenoxy) is 1. The predicted molar refractivity (Wildman–Crippen MR) is 83.2 cm³/mol. The minimum absolute atomic E-state index is 0.000846. The van der Waals surface area contributed by atoms with Crippen LogP contribution in [0.15, 0.2) is 42.5 Å². The molecule has 0 saturated carbocycles. The molecule has 0 N–H and O–H groups in total. The highest BCUT2D eigenvalue weighted by Crippen LogP contribution is 2.35. The van der Waals surface area contributed by atoms with Crippen LogP contribution >= 0.6 is 11.6 Å². The molecule has 0 heterocycles. The topological polar surface area (TPSA) is 52.4 Å². The van der Waals surface area contributed by atoms with Gasteiger partial charge in [-0.1, -0.05) is 37.6 Å². The number of nitrogens with zero attached hydrogens (tertiary/aromatic N) is 1. The molecule has 2 rings (SSSR count). The second-order valence-corrected chi connectivity index (χ2v) is 5.75. The molecular weight excluding hydrogens is 290 g/mol. The highest BCUT2D eigenvalue weighted by Gasteiger charge is 2.25. The third-order valence-corrected chi connectivity index (χ3v) is 3.84. The molecular formula is C16H16ClNO3. The Morgan fingerprint density at radius 2 is 1.71 bits per heavy atom. The first-order chi connectivity index (χ1) is 9.84. The van der Waals surface area contributed by atoms with Gasteiger partial charge in [-0.3, -0.25) is 10.1 Å². The fraction of sp³-hybridized carbons (Fsp3) is 0.250. The van der Waals surface area contributed by atoms with Crippen LogP contribution in [0.1, 0.15) is 25.0 Å². The van der Waals surface area contributed by atoms with E-state index in [0.29, 0.717) is 5.02 Å². The average molecular weight is 306 g/mol. The lowest BCUT2D eigenvalue weighted by molar-refractivity contribution is -0.384. The number of hydrogen-bond acceptors (Lipinski definition) is 3. The Kier molecular flexibility index (Phi) is 4.19. The fourth-order valence-electron chi connectivity index (χ4n) is 2.21. The van der Waals surface area contributed by atoms with E-state index in [1.807, 2.05) is 38.1 Å². The van der Waals surface area contributed by atoms with E-state index in [2.05, 4.69) is 0 Å². The zero-order valence-electron chi connectivity index (χ0n) is 12.1. The molecule has 0 unspecified atom stereocenters. The first kappa shape index (κ1) is 15.3. The zero-order chi connectivity index (χ0) is 15.6. The van der Waals surface area contributed by atoms with E-state index in [9.17, 15) is 10.1 Å². The molecule has 0 aliphatic heterocycles. The van der Waals surface area contributed by atoms with Crippen molar-refractivity contribution in [2.75, 3.05) is 7.11 Å². The van der Waals surface area contributed by atoms with Crippen molar-refractivity contribution in [1.29, 1.82) is 0 Å². The van der Waals surface area contributed by atoms with Crippen LogP contribution in [0, 0.1) is 10.1 Å². The first-order valence-electron chi connectivity index (χ1n) is 6.44. The molecule has 0 bridgehead atoms. The van der Waals surface area contributed by atoms with Crippen LogP contribution in [0.25, 0.3) is 0 Å². The standard InChI is InChI=1S/C16H16ClNO3/c1-16(2,11-4-6-15(21-3)7-5-11)12-8-13(17)10-14(9-12)18(19)20/h4-10H,1-3H3. The summed E-state index contributed by atoms with van der Waals surface area (Å²) in [4.78, 5) is 10.6. The highest BCUT2D eigenvalue weighted by molar-refractivity contribution is 6.30. The van der Waals surface area contributed by atoms with E-state index >= 15 is 0 Å². The smallest absolute Gasteiger partial charge is 0.271 e. The Labute approximate surface area is 128 Å². The minimum atomic E-state index is -0.431. The lowest BCUT2D eigenvalue weighted by atomic mass is 9.78. The van der Waals surface area contributed by atoms with Crippen molar-refractivity contribution in [3.05, 3.63) is 68.7 Å². The molecule has 2 aromatic carbocycles. The van der Waals surface area contributed by atoms with Crippen molar-refractivity contribution in [2.24, 2.45) is 0 Å². The Balaban J connectivity index is 2.49. The third-order valence-electron chi connectivity index (χ3n) is 3.63. The Hall–Kier alpha value is -2.07. The number of rotatable bonds is 4. The molecule has 0 aromatic heterocycles. The van der Waals surface area contributed by atoms with E-state index < -0.39 is 10.3 Å². The largest absolute Gasteiger partial charge is 0.497 e. The number of benzene rings is 2. The Morgan fingerprint density at radius 3 is 2.24 bits per heavy atom. The van der Waals surface area contributed by atoms with Gasteiger partial charge in [-0.25, -0.2) is 0 Å². The first-order valence-corrected chi connectivity index (χ1v) is 6.82. The second kappa shape index (κ2) is 5.74. The molecule has 0 amide bonds. The molecule has 2 aromatic rings. The van der Waals surface area contributed by atoms with Crippen molar-refractivity contribution < 1.29 is 9.66 Å². The molecule has 0 atom stereocenters. The van der Waals surface area contributed by atoms with Gasteiger partial charge in [0.15, 0.2) is 0 Å². The van der Waals surface area contributed by atoms with Crippen LogP contribution < -0.4 is 4.74 Å². The molecule has 0 radical (unpaired) electrons. The van der Waals surface area contributed by atoms with Gasteiger partial charge < -0.3 is 4.74 Å². The van der Waals surface area contributed by atoms with Gasteiger partial charge in [0.05, 0.1) is 12.0 Å². The Bertz CT molecular complexity index is 666. The van der Waals surface area contributed by atoms with Gasteiger partial charge in [-0.05, 0) is 29.3 Å². The van der Waals surface area contributed by atoms with Gasteiger partial charge in [-0.15, -0.1) is 0 Å². The normalized spacial score (nSPS) is 11.2. The molecule has 0 saturated heterocycles. The number of nitro groups is 1. The molecule has 0 aliphatic rings. The number of halogens is 1. The SMILES string of the molecule is COc1ccc(C(C)(C)c2cc(Cl)cc([N+](=O)[O-])c2)cc1. The van der Waals surface area contributed by atoms with E-state index in [-0.39, 0.29) is 5.69 Å². The summed E-state index contributed by atoms with van der Waals surface area (Å²) in [7, 11) is 1.61. The molecule has 5 heteroatoms. The Morgan fingerprint density at radius 1 is 1.10 bits per heavy atom. The number of non-ortho nitro benzene ring substituents is 1. The summed E-state index contributed by atoms with van der Waals surface area (Å²) in [6, 6.07) is 12.3. The number of methoxy groups -OCH3 is 1. The maximum absolute atomic E-state index is 11.0. The van der Waals surface area contributed by atoms with E-state index in [0.717, 1.165) is 16.9 Å². The van der Waals surface area contributed by atoms with Gasteiger partial charge in [0, 0.05) is 22.6 Å². The van der Waals surface area contributed by atoms with E-state index in [1.165, 1.54) is 6.07 Å². The van der Waals surface area contributed by atoms with Crippen LogP contribution in [-0.4, -0.2) is 12.0 Å². The van der Waals surface area contributed by atoms with E-state index in [1.54, 1.807) is 19.2 Å². The van der Waals surface area contributed by atoms with Crippen LogP contribution in [0.4, 0.5) is 5.69 Å². The summed E-state index contributed by atoms with van der Waals surface area (Å²) < 4.78 is 5.15. The van der Waals surface area contributed by atoms with Crippen molar-refractivity contribution in [1.82, 2.24) is 0 Å². The maximum atomic E-state index is 11.0. The van der Waals surface area contributed by atoms with Crippen LogP contribution in [0.5, 0.6) is 5.75 Å². The van der Waals surface area contributed by atoms with Gasteiger partial charge in [0.2, 0.25) is 0 Å². The summed E-state index contributed by atoms with van der Waals surface area (Å²) >= 11 is 6.01. The van der Waals surface area contributed by atoms with Crippen molar-refractivity contribution in [3.8, 4) is 5.75 Å². The molecule has 0 aliphatic carbocycles. The van der Waals surface area contributed by atoms with Crippen molar-refractivity contribution >= 4 is 17.3 Å². The lowest BCUT2D eigenvalue weighted by Gasteiger charge is -2.26. The van der Waals surface area contributed by atoms with Crippen LogP contribution in [0.2, 0.25) is 5.02 Å². The molecule has 0 spiro atoms. The summed E-state index contributed by atoms with van der Waals surface area (Å²) in [5.74, 6) is 0.770. The van der Waals surface area contributed by atoms with Gasteiger partial charge in [0.25, 0.3) is 5.69 Å². The fourth-order valence-corrected chi connectivity index (χ4v) is 2.44. The molecule has 110 valence electrons. The summed E-state index contributed by atoms with van der Waals surface area (Å²) in [6.07, 6.45) is 0. The summed E-state index contributed by atoms with van der Waals surface area (Å²) in [5.41, 5.74) is 1.42. The number of hydrogen-bond donors (Lipinski definition) is 0. The minimum Gasteiger partial charge on any atom is -0.497 e. The quantitative estimate of drug-likeness (QED) is 0.613. The van der Waals surface area contributed by atoms with E-state index in [4.69, 9.17) is 16.3 Å². The monoisotopic (exact) mass is 305 g/mol. The zero-order valence-corrected chi connectivity index (χ0v) is 12.8. The second-order valence-electron chi connectivity index (χ2n) is 5.31. The molecule has 0 fully saturated rings. The van der Waals surface area contributed by atoms with Gasteiger partial charge >= 0.3 is 0 Å². The van der Waals surface area contributed by atoms with Crippen molar-refractivity contribution in [3.63, 3.8) is 0 Å². The third kappa shape index (κ3) is 3.16. The lowest BCUT2D eigenvalue weighted by Crippen LogP contribution is -2.19. The molecule has 4 nitrogen and oxygen atoms in total. The maximum Gasteiger partial charge on any atom is 0.271 e. The highest BCUT2D eigenvalue weighted by atomic mass is 35.5. The summed E-state index contributed by atoms with van der Waals surface area (Å²) in [6.45, 7) is 4.01. The van der Waals surface area contributed by atoms with Gasteiger partial charge in [0.1, 0.15) is 5.75 Å². The molecule has 21 heavy (non-hydrogen) atoms. The van der Waals surface area contributed by atoms with Crippen LogP contribution in [-0.2, 0) is 5.41 Å². The van der Waals surface area contributed by atoms with Gasteiger partial charge in [-0.2, -0.15) is 0 Å².